The van der Waals surface area contributed by atoms with Crippen LogP contribution in [-0.4, -0.2) is 7.05 Å². The zero-order valence-corrected chi connectivity index (χ0v) is 12.9. The summed E-state index contributed by atoms with van der Waals surface area (Å²) in [5.41, 5.74) is 1.94. The molecule has 1 atom stereocenters. The molecule has 2 aromatic carbocycles. The normalized spacial score (nSPS) is 13.2. The van der Waals surface area contributed by atoms with Crippen LogP contribution in [0.1, 0.15) is 43.5 Å². The second-order valence-electron chi connectivity index (χ2n) is 6.19. The highest BCUT2D eigenvalue weighted by molar-refractivity contribution is 5.41. The third-order valence-corrected chi connectivity index (χ3v) is 3.66. The van der Waals surface area contributed by atoms with Crippen LogP contribution in [0.25, 0.3) is 0 Å². The molecule has 1 nitrogen and oxygen atoms in total. The van der Waals surface area contributed by atoms with Crippen molar-refractivity contribution >= 4 is 0 Å². The van der Waals surface area contributed by atoms with Gasteiger partial charge < -0.3 is 5.32 Å². The molecular formula is C18H21F2N. The first kappa shape index (κ1) is 15.6. The number of rotatable bonds is 3. The van der Waals surface area contributed by atoms with E-state index in [-0.39, 0.29) is 11.0 Å². The van der Waals surface area contributed by atoms with Gasteiger partial charge in [0.1, 0.15) is 11.6 Å². The van der Waals surface area contributed by atoms with E-state index in [1.54, 1.807) is 7.05 Å². The number of hydrogen-bond acceptors (Lipinski definition) is 1. The molecule has 0 radical (unpaired) electrons. The fourth-order valence-corrected chi connectivity index (χ4v) is 2.67. The fraction of sp³-hybridized carbons (Fsp3) is 0.333. The molecule has 21 heavy (non-hydrogen) atoms. The van der Waals surface area contributed by atoms with Gasteiger partial charge in [-0.05, 0) is 35.7 Å². The van der Waals surface area contributed by atoms with E-state index in [2.05, 4.69) is 26.1 Å². The molecular weight excluding hydrogens is 268 g/mol. The van der Waals surface area contributed by atoms with Gasteiger partial charge in [0.25, 0.3) is 0 Å². The lowest BCUT2D eigenvalue weighted by atomic mass is 9.80. The molecule has 0 heterocycles. The molecule has 0 saturated carbocycles. The highest BCUT2D eigenvalue weighted by atomic mass is 19.1. The first-order chi connectivity index (χ1) is 9.86. The van der Waals surface area contributed by atoms with E-state index in [1.165, 1.54) is 18.2 Å². The molecule has 0 spiro atoms. The van der Waals surface area contributed by atoms with Crippen LogP contribution in [0, 0.1) is 11.6 Å². The zero-order chi connectivity index (χ0) is 15.6. The first-order valence-electron chi connectivity index (χ1n) is 7.07. The standard InChI is InChI=1S/C18H21F2N/c1-18(2,3)13-9-6-5-8-12(13)17(21-4)16-14(19)10-7-11-15(16)20/h5-11,17,21H,1-4H3. The molecule has 1 N–H and O–H groups in total. The van der Waals surface area contributed by atoms with Gasteiger partial charge in [-0.15, -0.1) is 0 Å². The molecule has 2 rings (SSSR count). The van der Waals surface area contributed by atoms with Crippen LogP contribution in [0.3, 0.4) is 0 Å². The maximum Gasteiger partial charge on any atom is 0.131 e. The monoisotopic (exact) mass is 289 g/mol. The van der Waals surface area contributed by atoms with E-state index < -0.39 is 17.7 Å². The maximum atomic E-state index is 14.1. The van der Waals surface area contributed by atoms with Crippen molar-refractivity contribution in [3.63, 3.8) is 0 Å². The van der Waals surface area contributed by atoms with Gasteiger partial charge >= 0.3 is 0 Å². The Morgan fingerprint density at radius 3 is 2.00 bits per heavy atom. The number of nitrogens with one attached hydrogen (secondary N) is 1. The van der Waals surface area contributed by atoms with Crippen LogP contribution >= 0.6 is 0 Å². The summed E-state index contributed by atoms with van der Waals surface area (Å²) < 4.78 is 28.2. The Labute approximate surface area is 125 Å². The minimum Gasteiger partial charge on any atom is -0.309 e. The molecule has 0 amide bonds. The summed E-state index contributed by atoms with van der Waals surface area (Å²) in [6.45, 7) is 6.28. The first-order valence-corrected chi connectivity index (χ1v) is 7.07. The van der Waals surface area contributed by atoms with E-state index >= 15 is 0 Å². The van der Waals surface area contributed by atoms with E-state index in [0.29, 0.717) is 0 Å². The molecule has 1 unspecified atom stereocenters. The van der Waals surface area contributed by atoms with Crippen molar-refractivity contribution in [1.82, 2.24) is 5.32 Å². The van der Waals surface area contributed by atoms with Crippen LogP contribution < -0.4 is 5.32 Å². The lowest BCUT2D eigenvalue weighted by molar-refractivity contribution is 0.511. The molecule has 0 aliphatic carbocycles. The Morgan fingerprint density at radius 1 is 0.905 bits per heavy atom. The Hall–Kier alpha value is -1.74. The lowest BCUT2D eigenvalue weighted by Crippen LogP contribution is -2.25. The van der Waals surface area contributed by atoms with Gasteiger partial charge in [0, 0.05) is 5.56 Å². The summed E-state index contributed by atoms with van der Waals surface area (Å²) in [7, 11) is 1.72. The average molecular weight is 289 g/mol. The molecule has 0 saturated heterocycles. The zero-order valence-electron chi connectivity index (χ0n) is 12.9. The average Bonchev–Trinajstić information content (AvgIpc) is 2.42. The molecule has 0 aromatic heterocycles. The van der Waals surface area contributed by atoms with Crippen LogP contribution in [0.15, 0.2) is 42.5 Å². The van der Waals surface area contributed by atoms with Crippen LogP contribution in [0.4, 0.5) is 8.78 Å². The van der Waals surface area contributed by atoms with Crippen LogP contribution in [0.2, 0.25) is 0 Å². The smallest absolute Gasteiger partial charge is 0.131 e. The van der Waals surface area contributed by atoms with Gasteiger partial charge in [-0.2, -0.15) is 0 Å². The number of halogens is 2. The molecule has 0 fully saturated rings. The summed E-state index contributed by atoms with van der Waals surface area (Å²) in [5.74, 6) is -1.06. The Balaban J connectivity index is 2.63. The summed E-state index contributed by atoms with van der Waals surface area (Å²) in [6, 6.07) is 11.2. The third kappa shape index (κ3) is 3.13. The quantitative estimate of drug-likeness (QED) is 0.872. The third-order valence-electron chi connectivity index (χ3n) is 3.66. The van der Waals surface area contributed by atoms with Gasteiger partial charge in [0.2, 0.25) is 0 Å². The van der Waals surface area contributed by atoms with Gasteiger partial charge in [0.15, 0.2) is 0 Å². The molecule has 112 valence electrons. The van der Waals surface area contributed by atoms with Crippen molar-refractivity contribution in [2.75, 3.05) is 7.05 Å². The van der Waals surface area contributed by atoms with Gasteiger partial charge in [0.05, 0.1) is 6.04 Å². The number of benzene rings is 2. The van der Waals surface area contributed by atoms with Crippen molar-refractivity contribution in [2.24, 2.45) is 0 Å². The molecule has 2 aromatic rings. The maximum absolute atomic E-state index is 14.1. The Kier molecular flexibility index (Phi) is 4.43. The van der Waals surface area contributed by atoms with Crippen molar-refractivity contribution in [1.29, 1.82) is 0 Å². The van der Waals surface area contributed by atoms with Crippen LogP contribution in [-0.2, 0) is 5.41 Å². The molecule has 0 aliphatic rings. The second kappa shape index (κ2) is 5.94. The van der Waals surface area contributed by atoms with E-state index in [9.17, 15) is 8.78 Å². The Morgan fingerprint density at radius 2 is 1.48 bits per heavy atom. The van der Waals surface area contributed by atoms with E-state index in [1.807, 2.05) is 24.3 Å². The van der Waals surface area contributed by atoms with Gasteiger partial charge in [-0.25, -0.2) is 8.78 Å². The molecule has 0 aliphatic heterocycles. The highest BCUT2D eigenvalue weighted by Gasteiger charge is 2.26. The SMILES string of the molecule is CNC(c1ccccc1C(C)(C)C)c1c(F)cccc1F. The predicted molar refractivity (Wildman–Crippen MR) is 82.4 cm³/mol. The van der Waals surface area contributed by atoms with E-state index in [4.69, 9.17) is 0 Å². The Bertz CT molecular complexity index is 609. The van der Waals surface area contributed by atoms with Crippen molar-refractivity contribution in [2.45, 2.75) is 32.2 Å². The molecule has 3 heteroatoms. The summed E-state index contributed by atoms with van der Waals surface area (Å²) in [4.78, 5) is 0. The largest absolute Gasteiger partial charge is 0.309 e. The van der Waals surface area contributed by atoms with Gasteiger partial charge in [-0.3, -0.25) is 0 Å². The highest BCUT2D eigenvalue weighted by Crippen LogP contribution is 2.34. The summed E-state index contributed by atoms with van der Waals surface area (Å²) in [5, 5.41) is 3.05. The fourth-order valence-electron chi connectivity index (χ4n) is 2.67. The van der Waals surface area contributed by atoms with Gasteiger partial charge in [-0.1, -0.05) is 51.1 Å². The summed E-state index contributed by atoms with van der Waals surface area (Å²) in [6.07, 6.45) is 0. The van der Waals surface area contributed by atoms with E-state index in [0.717, 1.165) is 11.1 Å². The van der Waals surface area contributed by atoms with Crippen LogP contribution in [0.5, 0.6) is 0 Å². The second-order valence-corrected chi connectivity index (χ2v) is 6.19. The predicted octanol–water partition coefficient (Wildman–Crippen LogP) is 4.57. The summed E-state index contributed by atoms with van der Waals surface area (Å²) >= 11 is 0. The lowest BCUT2D eigenvalue weighted by Gasteiger charge is -2.28. The molecule has 0 bridgehead atoms. The number of hydrogen-bond donors (Lipinski definition) is 1. The van der Waals surface area contributed by atoms with Crippen molar-refractivity contribution in [3.8, 4) is 0 Å². The minimum absolute atomic E-state index is 0.0664. The topological polar surface area (TPSA) is 12.0 Å². The minimum atomic E-state index is -0.530. The van der Waals surface area contributed by atoms with Crippen molar-refractivity contribution < 1.29 is 8.78 Å². The van der Waals surface area contributed by atoms with Crippen molar-refractivity contribution in [3.05, 3.63) is 70.8 Å².